The molecule has 6 nitrogen and oxygen atoms in total. The molecule has 1 aromatic carbocycles. The van der Waals surface area contributed by atoms with Gasteiger partial charge in [0.15, 0.2) is 0 Å². The number of halogens is 1. The molecule has 2 rings (SSSR count). The number of likely N-dealkylation sites (tertiary alicyclic amines) is 1. The highest BCUT2D eigenvalue weighted by Crippen LogP contribution is 2.11. The molecule has 0 unspecified atom stereocenters. The Bertz CT molecular complexity index is 541. The van der Waals surface area contributed by atoms with Crippen molar-refractivity contribution in [3.8, 4) is 0 Å². The van der Waals surface area contributed by atoms with Crippen molar-refractivity contribution in [2.75, 3.05) is 13.1 Å². The predicted molar refractivity (Wildman–Crippen MR) is 75.6 cm³/mol. The highest BCUT2D eigenvalue weighted by Gasteiger charge is 2.24. The zero-order chi connectivity index (χ0) is 14.5. The molecular weight excluding hydrogens is 326 g/mol. The SMILES string of the molecule is O=C(NNC(=O)c1cccc(Br)c1)C(=O)N1CCCC1. The third-order valence-corrected chi connectivity index (χ3v) is 3.46. The fraction of sp³-hybridized carbons (Fsp3) is 0.308. The summed E-state index contributed by atoms with van der Waals surface area (Å²) >= 11 is 3.25. The molecule has 0 atom stereocenters. The minimum atomic E-state index is -0.824. The summed E-state index contributed by atoms with van der Waals surface area (Å²) in [6.07, 6.45) is 1.81. The third-order valence-electron chi connectivity index (χ3n) is 2.96. The summed E-state index contributed by atoms with van der Waals surface area (Å²) in [6.45, 7) is 1.18. The van der Waals surface area contributed by atoms with Gasteiger partial charge in [0.25, 0.3) is 5.91 Å². The zero-order valence-corrected chi connectivity index (χ0v) is 12.3. The maximum Gasteiger partial charge on any atom is 0.327 e. The van der Waals surface area contributed by atoms with Crippen LogP contribution >= 0.6 is 15.9 Å². The van der Waals surface area contributed by atoms with Gasteiger partial charge in [-0.05, 0) is 31.0 Å². The average molecular weight is 340 g/mol. The summed E-state index contributed by atoms with van der Waals surface area (Å²) in [7, 11) is 0. The third kappa shape index (κ3) is 3.57. The van der Waals surface area contributed by atoms with Crippen molar-refractivity contribution < 1.29 is 14.4 Å². The molecule has 0 aliphatic carbocycles. The Hall–Kier alpha value is -1.89. The normalized spacial score (nSPS) is 13.9. The number of rotatable bonds is 1. The number of benzene rings is 1. The zero-order valence-electron chi connectivity index (χ0n) is 10.7. The molecule has 0 spiro atoms. The lowest BCUT2D eigenvalue weighted by molar-refractivity contribution is -0.145. The predicted octanol–water partition coefficient (Wildman–Crippen LogP) is 0.832. The van der Waals surface area contributed by atoms with Gasteiger partial charge in [-0.15, -0.1) is 0 Å². The second kappa shape index (κ2) is 6.51. The highest BCUT2D eigenvalue weighted by atomic mass is 79.9. The largest absolute Gasteiger partial charge is 0.334 e. The van der Waals surface area contributed by atoms with Crippen molar-refractivity contribution in [3.63, 3.8) is 0 Å². The van der Waals surface area contributed by atoms with Gasteiger partial charge in [-0.1, -0.05) is 22.0 Å². The molecule has 7 heteroatoms. The average Bonchev–Trinajstić information content (AvgIpc) is 2.97. The van der Waals surface area contributed by atoms with Crippen molar-refractivity contribution in [2.45, 2.75) is 12.8 Å². The molecule has 1 heterocycles. The van der Waals surface area contributed by atoms with E-state index in [9.17, 15) is 14.4 Å². The van der Waals surface area contributed by atoms with Gasteiger partial charge in [-0.3, -0.25) is 25.2 Å². The number of nitrogens with one attached hydrogen (secondary N) is 2. The van der Waals surface area contributed by atoms with Gasteiger partial charge in [0.05, 0.1) is 0 Å². The molecule has 1 fully saturated rings. The van der Waals surface area contributed by atoms with Gasteiger partial charge in [0, 0.05) is 23.1 Å². The van der Waals surface area contributed by atoms with Gasteiger partial charge in [0.2, 0.25) is 0 Å². The van der Waals surface area contributed by atoms with Gasteiger partial charge < -0.3 is 4.90 Å². The van der Waals surface area contributed by atoms with E-state index in [4.69, 9.17) is 0 Å². The van der Waals surface area contributed by atoms with E-state index in [0.29, 0.717) is 18.7 Å². The van der Waals surface area contributed by atoms with E-state index in [1.54, 1.807) is 24.3 Å². The summed E-state index contributed by atoms with van der Waals surface area (Å²) in [4.78, 5) is 36.6. The Morgan fingerprint density at radius 3 is 2.45 bits per heavy atom. The van der Waals surface area contributed by atoms with Crippen LogP contribution in [0.2, 0.25) is 0 Å². The van der Waals surface area contributed by atoms with Gasteiger partial charge in [0.1, 0.15) is 0 Å². The highest BCUT2D eigenvalue weighted by molar-refractivity contribution is 9.10. The molecule has 1 saturated heterocycles. The Labute approximate surface area is 124 Å². The van der Waals surface area contributed by atoms with Crippen LogP contribution in [0, 0.1) is 0 Å². The number of nitrogens with zero attached hydrogens (tertiary/aromatic N) is 1. The maximum atomic E-state index is 11.8. The van der Waals surface area contributed by atoms with E-state index in [0.717, 1.165) is 17.3 Å². The monoisotopic (exact) mass is 339 g/mol. The van der Waals surface area contributed by atoms with Crippen LogP contribution in [-0.4, -0.2) is 35.7 Å². The number of hydrogen-bond donors (Lipinski definition) is 2. The Morgan fingerprint density at radius 2 is 1.80 bits per heavy atom. The van der Waals surface area contributed by atoms with Gasteiger partial charge in [-0.25, -0.2) is 0 Å². The fourth-order valence-electron chi connectivity index (χ4n) is 1.93. The molecule has 0 radical (unpaired) electrons. The first-order chi connectivity index (χ1) is 9.58. The number of hydrogen-bond acceptors (Lipinski definition) is 3. The van der Waals surface area contributed by atoms with Crippen LogP contribution in [0.4, 0.5) is 0 Å². The molecule has 1 aliphatic heterocycles. The Kier molecular flexibility index (Phi) is 4.73. The second-order valence-corrected chi connectivity index (χ2v) is 5.33. The van der Waals surface area contributed by atoms with Crippen LogP contribution in [-0.2, 0) is 9.59 Å². The molecule has 3 amide bonds. The molecule has 1 aliphatic rings. The second-order valence-electron chi connectivity index (χ2n) is 4.42. The van der Waals surface area contributed by atoms with E-state index in [-0.39, 0.29) is 0 Å². The van der Waals surface area contributed by atoms with Crippen molar-refractivity contribution >= 4 is 33.7 Å². The lowest BCUT2D eigenvalue weighted by atomic mass is 10.2. The van der Waals surface area contributed by atoms with Crippen molar-refractivity contribution in [1.29, 1.82) is 0 Å². The lowest BCUT2D eigenvalue weighted by Gasteiger charge is -2.14. The van der Waals surface area contributed by atoms with Gasteiger partial charge >= 0.3 is 11.8 Å². The van der Waals surface area contributed by atoms with E-state index >= 15 is 0 Å². The van der Waals surface area contributed by atoms with Crippen molar-refractivity contribution in [1.82, 2.24) is 15.8 Å². The van der Waals surface area contributed by atoms with Crippen LogP contribution in [0.3, 0.4) is 0 Å². The first-order valence-corrected chi connectivity index (χ1v) is 7.02. The van der Waals surface area contributed by atoms with Crippen LogP contribution in [0.1, 0.15) is 23.2 Å². The van der Waals surface area contributed by atoms with Crippen LogP contribution in [0.25, 0.3) is 0 Å². The number of carbonyl (C=O) groups excluding carboxylic acids is 3. The van der Waals surface area contributed by atoms with Gasteiger partial charge in [-0.2, -0.15) is 0 Å². The van der Waals surface area contributed by atoms with E-state index in [2.05, 4.69) is 26.8 Å². The quantitative estimate of drug-likeness (QED) is 0.587. The lowest BCUT2D eigenvalue weighted by Crippen LogP contribution is -2.49. The first kappa shape index (κ1) is 14.5. The molecule has 0 aromatic heterocycles. The minimum Gasteiger partial charge on any atom is -0.334 e. The van der Waals surface area contributed by atoms with E-state index in [1.807, 2.05) is 0 Å². The van der Waals surface area contributed by atoms with Crippen LogP contribution in [0.15, 0.2) is 28.7 Å². The number of hydrazine groups is 1. The molecule has 0 bridgehead atoms. The number of amides is 3. The topological polar surface area (TPSA) is 78.5 Å². The fourth-order valence-corrected chi connectivity index (χ4v) is 2.33. The van der Waals surface area contributed by atoms with Crippen LogP contribution in [0.5, 0.6) is 0 Å². The summed E-state index contributed by atoms with van der Waals surface area (Å²) in [5.41, 5.74) is 4.74. The molecule has 106 valence electrons. The van der Waals surface area contributed by atoms with E-state index < -0.39 is 17.7 Å². The van der Waals surface area contributed by atoms with Crippen molar-refractivity contribution in [3.05, 3.63) is 34.3 Å². The number of carbonyl (C=O) groups is 3. The summed E-state index contributed by atoms with van der Waals surface area (Å²) in [6, 6.07) is 6.71. The maximum absolute atomic E-state index is 11.8. The standard InChI is InChI=1S/C13H14BrN3O3/c14-10-5-3-4-9(8-10)11(18)15-16-12(19)13(20)17-6-1-2-7-17/h3-5,8H,1-2,6-7H2,(H,15,18)(H,16,19). The molecule has 1 aromatic rings. The molecule has 2 N–H and O–H groups in total. The Balaban J connectivity index is 1.86. The first-order valence-electron chi connectivity index (χ1n) is 6.23. The molecular formula is C13H14BrN3O3. The van der Waals surface area contributed by atoms with Crippen LogP contribution < -0.4 is 10.9 Å². The minimum absolute atomic E-state index is 0.383. The molecule has 0 saturated carbocycles. The summed E-state index contributed by atoms with van der Waals surface area (Å²) < 4.78 is 0.754. The summed E-state index contributed by atoms with van der Waals surface area (Å²) in [5.74, 6) is -1.92. The Morgan fingerprint density at radius 1 is 1.10 bits per heavy atom. The molecule has 20 heavy (non-hydrogen) atoms. The van der Waals surface area contributed by atoms with E-state index in [1.165, 1.54) is 4.90 Å². The smallest absolute Gasteiger partial charge is 0.327 e. The summed E-state index contributed by atoms with van der Waals surface area (Å²) in [5, 5.41) is 0. The van der Waals surface area contributed by atoms with Crippen molar-refractivity contribution in [2.24, 2.45) is 0 Å².